The van der Waals surface area contributed by atoms with Crippen LogP contribution in [0.1, 0.15) is 16.1 Å². The number of rotatable bonds is 4. The highest BCUT2D eigenvalue weighted by atomic mass is 16.5. The van der Waals surface area contributed by atoms with E-state index >= 15 is 0 Å². The van der Waals surface area contributed by atoms with Gasteiger partial charge in [0.05, 0.1) is 7.11 Å². The largest absolute Gasteiger partial charge is 0.464 e. The number of H-pyrrole nitrogens is 1. The lowest BCUT2D eigenvalue weighted by Gasteiger charge is -2.07. The Bertz CT molecular complexity index is 724. The molecule has 1 aromatic heterocycles. The highest BCUT2D eigenvalue weighted by Gasteiger charge is 2.11. The van der Waals surface area contributed by atoms with Gasteiger partial charge in [0.25, 0.3) is 5.56 Å². The Labute approximate surface area is 125 Å². The predicted molar refractivity (Wildman–Crippen MR) is 78.7 cm³/mol. The number of amides is 1. The van der Waals surface area contributed by atoms with Gasteiger partial charge in [-0.3, -0.25) is 10.1 Å². The number of methoxy groups -OCH3 is 1. The highest BCUT2D eigenvalue weighted by Crippen LogP contribution is 2.05. The smallest absolute Gasteiger partial charge is 0.412 e. The molecule has 0 atom stereocenters. The van der Waals surface area contributed by atoms with Crippen LogP contribution in [-0.2, 0) is 16.1 Å². The standard InChI is InChI=1S/C15H14N2O5/c1-21-14(19)12-8-7-11(13(18)16-12)17-15(20)22-9-10-5-3-2-4-6-10/h2-8H,9H2,1H3,(H,16,18)(H,17,20). The van der Waals surface area contributed by atoms with E-state index in [1.807, 2.05) is 30.3 Å². The number of pyridine rings is 1. The van der Waals surface area contributed by atoms with E-state index in [1.165, 1.54) is 19.2 Å². The second-order valence-electron chi connectivity index (χ2n) is 4.29. The average Bonchev–Trinajstić information content (AvgIpc) is 2.55. The minimum absolute atomic E-state index is 0.00398. The van der Waals surface area contributed by atoms with Crippen LogP contribution < -0.4 is 10.9 Å². The van der Waals surface area contributed by atoms with Crippen molar-refractivity contribution in [2.75, 3.05) is 12.4 Å². The summed E-state index contributed by atoms with van der Waals surface area (Å²) in [6.07, 6.45) is -0.764. The van der Waals surface area contributed by atoms with Crippen molar-refractivity contribution in [1.82, 2.24) is 4.98 Å². The highest BCUT2D eigenvalue weighted by molar-refractivity contribution is 5.88. The molecule has 7 heteroatoms. The lowest BCUT2D eigenvalue weighted by Crippen LogP contribution is -2.22. The number of carbonyl (C=O) groups excluding carboxylic acids is 2. The van der Waals surface area contributed by atoms with E-state index in [2.05, 4.69) is 15.0 Å². The van der Waals surface area contributed by atoms with Gasteiger partial charge in [-0.1, -0.05) is 30.3 Å². The fourth-order valence-electron chi connectivity index (χ4n) is 1.67. The van der Waals surface area contributed by atoms with Gasteiger partial charge in [-0.15, -0.1) is 0 Å². The maximum Gasteiger partial charge on any atom is 0.412 e. The maximum absolute atomic E-state index is 11.7. The van der Waals surface area contributed by atoms with Crippen LogP contribution in [0.25, 0.3) is 0 Å². The molecule has 0 bridgehead atoms. The van der Waals surface area contributed by atoms with Crippen LogP contribution in [0.5, 0.6) is 0 Å². The SMILES string of the molecule is COC(=O)c1ccc(NC(=O)OCc2ccccc2)c(=O)[nH]1. The molecular formula is C15H14N2O5. The number of aromatic amines is 1. The first-order valence-electron chi connectivity index (χ1n) is 6.39. The molecule has 0 aliphatic carbocycles. The van der Waals surface area contributed by atoms with Gasteiger partial charge in [0.2, 0.25) is 0 Å². The lowest BCUT2D eigenvalue weighted by molar-refractivity contribution is 0.0593. The van der Waals surface area contributed by atoms with Crippen LogP contribution in [0.4, 0.5) is 10.5 Å². The summed E-state index contributed by atoms with van der Waals surface area (Å²) in [7, 11) is 1.20. The van der Waals surface area contributed by atoms with Crippen molar-refractivity contribution in [3.05, 3.63) is 64.1 Å². The molecule has 0 aliphatic heterocycles. The third kappa shape index (κ3) is 3.95. The van der Waals surface area contributed by atoms with Gasteiger partial charge in [-0.25, -0.2) is 9.59 Å². The molecular weight excluding hydrogens is 288 g/mol. The fourth-order valence-corrected chi connectivity index (χ4v) is 1.67. The molecule has 1 aromatic carbocycles. The summed E-state index contributed by atoms with van der Waals surface area (Å²) >= 11 is 0. The molecule has 0 fully saturated rings. The number of nitrogens with one attached hydrogen (secondary N) is 2. The van der Waals surface area contributed by atoms with E-state index in [-0.39, 0.29) is 18.0 Å². The summed E-state index contributed by atoms with van der Waals surface area (Å²) in [4.78, 5) is 36.9. The molecule has 2 N–H and O–H groups in total. The molecule has 2 aromatic rings. The molecule has 1 heterocycles. The molecule has 114 valence electrons. The van der Waals surface area contributed by atoms with Crippen molar-refractivity contribution < 1.29 is 19.1 Å². The zero-order chi connectivity index (χ0) is 15.9. The summed E-state index contributed by atoms with van der Waals surface area (Å²) in [6.45, 7) is 0.0881. The maximum atomic E-state index is 11.7. The zero-order valence-electron chi connectivity index (χ0n) is 11.8. The number of carbonyl (C=O) groups is 2. The predicted octanol–water partition coefficient (Wildman–Crippen LogP) is 1.91. The van der Waals surface area contributed by atoms with Gasteiger partial charge in [-0.2, -0.15) is 0 Å². The number of ether oxygens (including phenoxy) is 2. The van der Waals surface area contributed by atoms with Crippen molar-refractivity contribution in [3.63, 3.8) is 0 Å². The van der Waals surface area contributed by atoms with Crippen LogP contribution in [0.15, 0.2) is 47.3 Å². The van der Waals surface area contributed by atoms with Gasteiger partial charge in [0.15, 0.2) is 0 Å². The molecule has 0 saturated carbocycles. The Hall–Kier alpha value is -3.09. The Morgan fingerprint density at radius 2 is 1.86 bits per heavy atom. The first kappa shape index (κ1) is 15.3. The third-order valence-electron chi connectivity index (χ3n) is 2.76. The number of hydrogen-bond donors (Lipinski definition) is 2. The molecule has 0 saturated heterocycles. The van der Waals surface area contributed by atoms with Crippen LogP contribution in [0, 0.1) is 0 Å². The number of anilines is 1. The van der Waals surface area contributed by atoms with Crippen LogP contribution in [-0.4, -0.2) is 24.2 Å². The van der Waals surface area contributed by atoms with E-state index in [0.717, 1.165) is 5.56 Å². The van der Waals surface area contributed by atoms with Gasteiger partial charge in [0.1, 0.15) is 18.0 Å². The zero-order valence-corrected chi connectivity index (χ0v) is 11.8. The second-order valence-corrected chi connectivity index (χ2v) is 4.29. The molecule has 0 unspecified atom stereocenters. The van der Waals surface area contributed by atoms with E-state index in [4.69, 9.17) is 4.74 Å². The van der Waals surface area contributed by atoms with E-state index in [0.29, 0.717) is 0 Å². The van der Waals surface area contributed by atoms with Gasteiger partial charge < -0.3 is 14.5 Å². The Morgan fingerprint density at radius 1 is 1.14 bits per heavy atom. The molecule has 0 spiro atoms. The Morgan fingerprint density at radius 3 is 2.50 bits per heavy atom. The number of benzene rings is 1. The average molecular weight is 302 g/mol. The van der Waals surface area contributed by atoms with Crippen LogP contribution in [0.3, 0.4) is 0 Å². The van der Waals surface area contributed by atoms with Crippen molar-refractivity contribution in [1.29, 1.82) is 0 Å². The second kappa shape index (κ2) is 7.07. The summed E-state index contributed by atoms with van der Waals surface area (Å²) in [6, 6.07) is 11.8. The van der Waals surface area contributed by atoms with Gasteiger partial charge in [0, 0.05) is 0 Å². The molecule has 0 aliphatic rings. The Kier molecular flexibility index (Phi) is 4.92. The first-order valence-corrected chi connectivity index (χ1v) is 6.39. The topological polar surface area (TPSA) is 97.5 Å². The Balaban J connectivity index is 1.97. The summed E-state index contributed by atoms with van der Waals surface area (Å²) in [5.74, 6) is -0.671. The van der Waals surface area contributed by atoms with Crippen molar-refractivity contribution in [2.45, 2.75) is 6.61 Å². The number of esters is 1. The lowest BCUT2D eigenvalue weighted by atomic mass is 10.2. The van der Waals surface area contributed by atoms with Gasteiger partial charge >= 0.3 is 12.1 Å². The summed E-state index contributed by atoms with van der Waals surface area (Å²) < 4.78 is 9.47. The molecule has 22 heavy (non-hydrogen) atoms. The summed E-state index contributed by atoms with van der Waals surface area (Å²) in [5.41, 5.74) is 0.175. The molecule has 1 amide bonds. The van der Waals surface area contributed by atoms with Gasteiger partial charge in [-0.05, 0) is 17.7 Å². The summed E-state index contributed by atoms with van der Waals surface area (Å²) in [5, 5.41) is 2.31. The number of aromatic nitrogens is 1. The van der Waals surface area contributed by atoms with E-state index in [1.54, 1.807) is 0 Å². The van der Waals surface area contributed by atoms with Crippen molar-refractivity contribution in [3.8, 4) is 0 Å². The molecule has 2 rings (SSSR count). The quantitative estimate of drug-likeness (QED) is 0.841. The molecule has 0 radical (unpaired) electrons. The van der Waals surface area contributed by atoms with Crippen molar-refractivity contribution >= 4 is 17.7 Å². The van der Waals surface area contributed by atoms with E-state index < -0.39 is 17.6 Å². The molecule has 7 nitrogen and oxygen atoms in total. The first-order chi connectivity index (χ1) is 10.6. The van der Waals surface area contributed by atoms with Crippen molar-refractivity contribution in [2.24, 2.45) is 0 Å². The minimum Gasteiger partial charge on any atom is -0.464 e. The minimum atomic E-state index is -0.764. The van der Waals surface area contributed by atoms with Crippen LogP contribution in [0.2, 0.25) is 0 Å². The van der Waals surface area contributed by atoms with Crippen LogP contribution >= 0.6 is 0 Å². The normalized spacial score (nSPS) is 9.86. The monoisotopic (exact) mass is 302 g/mol. The van der Waals surface area contributed by atoms with E-state index in [9.17, 15) is 14.4 Å². The fraction of sp³-hybridized carbons (Fsp3) is 0.133. The third-order valence-corrected chi connectivity index (χ3v) is 2.76. The number of hydrogen-bond acceptors (Lipinski definition) is 5.